The van der Waals surface area contributed by atoms with E-state index in [0.29, 0.717) is 11.2 Å². The van der Waals surface area contributed by atoms with Gasteiger partial charge in [-0.2, -0.15) is 0 Å². The van der Waals surface area contributed by atoms with Crippen LogP contribution in [-0.2, 0) is 23.7 Å². The summed E-state index contributed by atoms with van der Waals surface area (Å²) in [6, 6.07) is 15.0. The second kappa shape index (κ2) is 6.44. The van der Waals surface area contributed by atoms with Crippen LogP contribution in [0.15, 0.2) is 48.5 Å². The number of quaternary nitrogens is 1. The van der Waals surface area contributed by atoms with E-state index >= 15 is 0 Å². The van der Waals surface area contributed by atoms with Gasteiger partial charge in [-0.1, -0.05) is 36.4 Å². The molecule has 0 unspecified atom stereocenters. The highest BCUT2D eigenvalue weighted by Crippen LogP contribution is 2.51. The van der Waals surface area contributed by atoms with E-state index in [0.717, 1.165) is 11.1 Å². The van der Waals surface area contributed by atoms with Crippen molar-refractivity contribution in [2.24, 2.45) is 0 Å². The molecule has 0 aromatic heterocycles. The highest BCUT2D eigenvalue weighted by Gasteiger charge is 2.80. The Balaban J connectivity index is 1.83. The third-order valence-corrected chi connectivity index (χ3v) is 7.38. The average molecular weight is 422 g/mol. The molecule has 0 radical (unpaired) electrons. The molecule has 2 aliphatic rings. The second-order valence-electron chi connectivity index (χ2n) is 9.56. The molecule has 162 valence electrons. The van der Waals surface area contributed by atoms with E-state index < -0.39 is 17.8 Å². The summed E-state index contributed by atoms with van der Waals surface area (Å²) in [7, 11) is 1.87. The molecule has 7 nitrogen and oxygen atoms in total. The van der Waals surface area contributed by atoms with Crippen molar-refractivity contribution < 1.29 is 28.1 Å². The molecule has 31 heavy (non-hydrogen) atoms. The maximum Gasteiger partial charge on any atom is 0.615 e. The number of nitrogens with one attached hydrogen (secondary N) is 1. The molecule has 0 bridgehead atoms. The van der Waals surface area contributed by atoms with Crippen molar-refractivity contribution >= 4 is 35.7 Å². The van der Waals surface area contributed by atoms with Crippen LogP contribution in [0, 0.1) is 0 Å². The fourth-order valence-electron chi connectivity index (χ4n) is 5.07. The van der Waals surface area contributed by atoms with Crippen molar-refractivity contribution in [3.63, 3.8) is 0 Å². The van der Waals surface area contributed by atoms with E-state index in [1.165, 1.54) is 6.92 Å². The summed E-state index contributed by atoms with van der Waals surface area (Å²) in [6.07, 6.45) is 0. The van der Waals surface area contributed by atoms with E-state index in [1.807, 2.05) is 55.6 Å². The summed E-state index contributed by atoms with van der Waals surface area (Å²) in [6.45, 7) is 6.22. The average Bonchev–Trinajstić information content (AvgIpc) is 2.97. The summed E-state index contributed by atoms with van der Waals surface area (Å²) in [5, 5.41) is 2.75. The number of likely N-dealkylation sites (N-methyl/N-ethyl adjacent to an activating group) is 1. The minimum absolute atomic E-state index is 0.0165. The van der Waals surface area contributed by atoms with Gasteiger partial charge in [-0.15, -0.1) is 0 Å². The van der Waals surface area contributed by atoms with Gasteiger partial charge >= 0.3 is 18.6 Å². The first-order chi connectivity index (χ1) is 14.4. The highest BCUT2D eigenvalue weighted by molar-refractivity contribution is 6.79. The first-order valence-corrected chi connectivity index (χ1v) is 10.3. The Morgan fingerprint density at radius 2 is 1.45 bits per heavy atom. The fourth-order valence-corrected chi connectivity index (χ4v) is 5.07. The maximum absolute atomic E-state index is 12.9. The molecule has 8 heteroatoms. The zero-order chi connectivity index (χ0) is 22.8. The molecule has 2 aromatic rings. The fraction of sp³-hybridized carbons (Fsp3) is 0.348. The van der Waals surface area contributed by atoms with E-state index in [9.17, 15) is 14.4 Å². The smallest absolute Gasteiger partial charge is 0.596 e. The predicted octanol–water partition coefficient (Wildman–Crippen LogP) is 2.58. The molecule has 2 aromatic carbocycles. The Kier molecular flexibility index (Phi) is 4.38. The number of amides is 1. The number of fused-ring (bicyclic) bond motifs is 1. The Bertz CT molecular complexity index is 1080. The Labute approximate surface area is 181 Å². The van der Waals surface area contributed by atoms with Crippen LogP contribution >= 0.6 is 0 Å². The molecule has 0 saturated carbocycles. The van der Waals surface area contributed by atoms with Crippen molar-refractivity contribution in [1.29, 1.82) is 0 Å². The van der Waals surface area contributed by atoms with Gasteiger partial charge < -0.3 is 19.0 Å². The number of rotatable bonds is 3. The van der Waals surface area contributed by atoms with Gasteiger partial charge in [0.15, 0.2) is 11.1 Å². The topological polar surface area (TPSA) is 81.7 Å². The lowest BCUT2D eigenvalue weighted by molar-refractivity contribution is -0.885. The Morgan fingerprint density at radius 3 is 1.97 bits per heavy atom. The van der Waals surface area contributed by atoms with Crippen LogP contribution < -0.4 is 10.8 Å². The molecule has 0 aliphatic carbocycles. The van der Waals surface area contributed by atoms with E-state index in [-0.39, 0.29) is 22.2 Å². The molecular formula is C23H27BN2O5. The van der Waals surface area contributed by atoms with Crippen molar-refractivity contribution in [2.75, 3.05) is 12.4 Å². The lowest BCUT2D eigenvalue weighted by Gasteiger charge is -2.54. The molecule has 2 fully saturated rings. The molecule has 0 spiro atoms. The zero-order valence-electron chi connectivity index (χ0n) is 18.7. The van der Waals surface area contributed by atoms with Gasteiger partial charge in [-0.05, 0) is 56.4 Å². The van der Waals surface area contributed by atoms with Gasteiger partial charge in [0, 0.05) is 19.7 Å². The first-order valence-electron chi connectivity index (χ1n) is 10.3. The minimum atomic E-state index is -2.44. The van der Waals surface area contributed by atoms with Crippen molar-refractivity contribution in [1.82, 2.24) is 0 Å². The van der Waals surface area contributed by atoms with Crippen LogP contribution in [0.4, 0.5) is 5.69 Å². The van der Waals surface area contributed by atoms with Gasteiger partial charge in [-0.3, -0.25) is 4.79 Å². The number of carbonyl (C=O) groups is 3. The first kappa shape index (κ1) is 21.1. The van der Waals surface area contributed by atoms with Crippen LogP contribution in [0.25, 0.3) is 11.1 Å². The van der Waals surface area contributed by atoms with Gasteiger partial charge in [-0.25, -0.2) is 9.59 Å². The number of hydrogen-bond acceptors (Lipinski definition) is 5. The minimum Gasteiger partial charge on any atom is -0.596 e. The van der Waals surface area contributed by atoms with Gasteiger partial charge in [0.2, 0.25) is 5.91 Å². The largest absolute Gasteiger partial charge is 0.615 e. The molecular weight excluding hydrogens is 395 g/mol. The van der Waals surface area contributed by atoms with Crippen LogP contribution in [0.2, 0.25) is 0 Å². The summed E-state index contributed by atoms with van der Waals surface area (Å²) >= 11 is 0. The zero-order valence-corrected chi connectivity index (χ0v) is 18.7. The SMILES string of the molecule is CC(=O)Nc1ccc(-c2cccc([B-]34OC(=O)C(C)(C)[N+]3(C)C(C)(C)C(=O)O4)c2)cc1. The van der Waals surface area contributed by atoms with E-state index in [1.54, 1.807) is 27.7 Å². The Hall–Kier alpha value is -3.13. The predicted molar refractivity (Wildman–Crippen MR) is 118 cm³/mol. The lowest BCUT2D eigenvalue weighted by atomic mass is 9.57. The normalized spacial score (nSPS) is 27.9. The second-order valence-corrected chi connectivity index (χ2v) is 9.56. The molecule has 4 rings (SSSR count). The highest BCUT2D eigenvalue weighted by atomic mass is 16.7. The molecule has 2 saturated heterocycles. The van der Waals surface area contributed by atoms with Crippen LogP contribution in [0.5, 0.6) is 0 Å². The van der Waals surface area contributed by atoms with Crippen LogP contribution in [-0.4, -0.2) is 47.1 Å². The number of hydrogen-bond donors (Lipinski definition) is 1. The third-order valence-electron chi connectivity index (χ3n) is 7.38. The van der Waals surface area contributed by atoms with Crippen molar-refractivity contribution in [3.05, 3.63) is 48.5 Å². The molecule has 0 atom stereocenters. The molecule has 2 heterocycles. The van der Waals surface area contributed by atoms with Gasteiger partial charge in [0.25, 0.3) is 0 Å². The monoisotopic (exact) mass is 422 g/mol. The number of anilines is 1. The molecule has 1 N–H and O–H groups in total. The molecule has 2 aliphatic heterocycles. The van der Waals surface area contributed by atoms with Crippen LogP contribution in [0.1, 0.15) is 34.6 Å². The number of nitrogens with zero attached hydrogens (tertiary/aromatic N) is 1. The van der Waals surface area contributed by atoms with Gasteiger partial charge in [0.05, 0.1) is 0 Å². The molecule has 1 amide bonds. The number of benzene rings is 2. The quantitative estimate of drug-likeness (QED) is 0.770. The lowest BCUT2D eigenvalue weighted by Crippen LogP contribution is -2.77. The summed E-state index contributed by atoms with van der Waals surface area (Å²) in [4.78, 5) is 37.1. The third kappa shape index (κ3) is 2.61. The Morgan fingerprint density at radius 1 is 0.903 bits per heavy atom. The van der Waals surface area contributed by atoms with Crippen molar-refractivity contribution in [2.45, 2.75) is 45.7 Å². The summed E-state index contributed by atoms with van der Waals surface area (Å²) < 4.78 is 11.9. The van der Waals surface area contributed by atoms with E-state index in [4.69, 9.17) is 9.31 Å². The summed E-state index contributed by atoms with van der Waals surface area (Å²) in [5.41, 5.74) is 1.24. The van der Waals surface area contributed by atoms with Crippen molar-refractivity contribution in [3.8, 4) is 11.1 Å². The maximum atomic E-state index is 12.9. The standard InChI is InChI=1S/C23H27BN2O5/c1-15(27)25-19-12-10-16(11-13-19)17-8-7-9-18(14-17)24-26(6,22(2,3)20(28)30-24)23(4,5)21(29)31-24/h7-14H,1-6H3,(H,25,27). The van der Waals surface area contributed by atoms with Crippen LogP contribution in [0.3, 0.4) is 0 Å². The van der Waals surface area contributed by atoms with E-state index in [2.05, 4.69) is 5.32 Å². The number of carbonyl (C=O) groups excluding carboxylic acids is 3. The summed E-state index contributed by atoms with van der Waals surface area (Å²) in [5.74, 6) is -0.911. The van der Waals surface area contributed by atoms with Gasteiger partial charge in [0.1, 0.15) is 0 Å².